The molecule has 232 valence electrons. The second kappa shape index (κ2) is 13.5. The van der Waals surface area contributed by atoms with E-state index in [1.807, 2.05) is 91.1 Å². The standard InChI is InChI=1S/C38H26ClN7O2/c39-29-17-19-30(20-18-29)42-43-35(25-9-3-1-4-10-25)44-45-37(47)27-15-21-31(22-16-27)46-36(26-11-5-2-6-12-26)41-34(38(46)48)23-28-24-40-33-14-8-7-13-32(28)33/h1-24,40H,(H,45,47)/b34-23+,43-42?,44-35-. The number of hydrazone groups is 1. The number of halogens is 1. The van der Waals surface area contributed by atoms with Crippen LogP contribution in [0.15, 0.2) is 166 Å². The van der Waals surface area contributed by atoms with Crippen molar-refractivity contribution < 1.29 is 9.59 Å². The molecule has 0 saturated carbocycles. The summed E-state index contributed by atoms with van der Waals surface area (Å²) in [7, 11) is 0. The van der Waals surface area contributed by atoms with Gasteiger partial charge in [0.05, 0.1) is 11.4 Å². The van der Waals surface area contributed by atoms with E-state index in [2.05, 4.69) is 25.7 Å². The Kier molecular flexibility index (Phi) is 8.50. The fraction of sp³-hybridized carbons (Fsp3) is 0. The Bertz CT molecular complexity index is 2240. The number of nitrogens with zero attached hydrogens (tertiary/aromatic N) is 5. The SMILES string of the molecule is O=C(N/N=C(\N=Nc1ccc(Cl)cc1)c1ccccc1)c1ccc(N2C(=O)/C(=C\c3c[nH]c4ccccc34)N=C2c2ccccc2)cc1. The van der Waals surface area contributed by atoms with Crippen molar-refractivity contribution in [1.82, 2.24) is 10.4 Å². The molecule has 2 amide bonds. The predicted octanol–water partition coefficient (Wildman–Crippen LogP) is 8.53. The maximum Gasteiger partial charge on any atom is 0.282 e. The topological polar surface area (TPSA) is 115 Å². The summed E-state index contributed by atoms with van der Waals surface area (Å²) in [5.41, 5.74) is 7.65. The zero-order valence-corrected chi connectivity index (χ0v) is 26.0. The highest BCUT2D eigenvalue weighted by Crippen LogP contribution is 2.30. The molecule has 2 heterocycles. The molecule has 0 bridgehead atoms. The molecule has 7 rings (SSSR count). The van der Waals surface area contributed by atoms with Gasteiger partial charge in [0.2, 0.25) is 5.84 Å². The zero-order chi connectivity index (χ0) is 32.9. The molecule has 2 N–H and O–H groups in total. The summed E-state index contributed by atoms with van der Waals surface area (Å²) < 4.78 is 0. The van der Waals surface area contributed by atoms with Crippen LogP contribution in [-0.4, -0.2) is 28.5 Å². The maximum atomic E-state index is 13.9. The summed E-state index contributed by atoms with van der Waals surface area (Å²) in [6.45, 7) is 0. The first-order chi connectivity index (χ1) is 23.5. The Morgan fingerprint density at radius 2 is 1.48 bits per heavy atom. The number of amidine groups is 2. The summed E-state index contributed by atoms with van der Waals surface area (Å²) in [4.78, 5) is 36.6. The fourth-order valence-corrected chi connectivity index (χ4v) is 5.30. The van der Waals surface area contributed by atoms with E-state index in [1.54, 1.807) is 59.5 Å². The highest BCUT2D eigenvalue weighted by molar-refractivity contribution is 6.33. The molecule has 0 unspecified atom stereocenters. The van der Waals surface area contributed by atoms with Crippen molar-refractivity contribution in [3.63, 3.8) is 0 Å². The normalized spacial score (nSPS) is 14.2. The van der Waals surface area contributed by atoms with Gasteiger partial charge >= 0.3 is 0 Å². The van der Waals surface area contributed by atoms with E-state index in [-0.39, 0.29) is 11.7 Å². The Morgan fingerprint density at radius 3 is 2.23 bits per heavy atom. The summed E-state index contributed by atoms with van der Waals surface area (Å²) in [6.07, 6.45) is 3.65. The molecular formula is C38H26ClN7O2. The van der Waals surface area contributed by atoms with Crippen molar-refractivity contribution in [3.8, 4) is 0 Å². The Morgan fingerprint density at radius 1 is 0.792 bits per heavy atom. The van der Waals surface area contributed by atoms with Crippen LogP contribution in [0.3, 0.4) is 0 Å². The predicted molar refractivity (Wildman–Crippen MR) is 190 cm³/mol. The molecule has 5 aromatic carbocycles. The van der Waals surface area contributed by atoms with E-state index in [1.165, 1.54) is 0 Å². The van der Waals surface area contributed by atoms with Crippen molar-refractivity contribution in [2.45, 2.75) is 0 Å². The van der Waals surface area contributed by atoms with Crippen LogP contribution in [0.5, 0.6) is 0 Å². The third-order valence-electron chi connectivity index (χ3n) is 7.58. The lowest BCUT2D eigenvalue weighted by Gasteiger charge is -2.18. The molecule has 0 fully saturated rings. The van der Waals surface area contributed by atoms with Crippen molar-refractivity contribution in [2.75, 3.05) is 4.90 Å². The van der Waals surface area contributed by atoms with Crippen LogP contribution >= 0.6 is 11.6 Å². The van der Waals surface area contributed by atoms with Crippen LogP contribution in [-0.2, 0) is 4.79 Å². The van der Waals surface area contributed by atoms with Gasteiger partial charge in [-0.15, -0.1) is 15.3 Å². The van der Waals surface area contributed by atoms with E-state index in [9.17, 15) is 9.59 Å². The molecule has 0 atom stereocenters. The number of para-hydroxylation sites is 1. The maximum absolute atomic E-state index is 13.9. The van der Waals surface area contributed by atoms with Crippen molar-refractivity contribution in [2.24, 2.45) is 20.3 Å². The number of nitrogens with one attached hydrogen (secondary N) is 2. The number of aliphatic imine (C=N–C) groups is 1. The number of benzene rings is 5. The van der Waals surface area contributed by atoms with E-state index in [0.717, 1.165) is 22.0 Å². The molecule has 1 aromatic heterocycles. The number of anilines is 1. The first-order valence-corrected chi connectivity index (χ1v) is 15.4. The monoisotopic (exact) mass is 647 g/mol. The van der Waals surface area contributed by atoms with E-state index in [4.69, 9.17) is 16.6 Å². The number of hydrogen-bond acceptors (Lipinski definition) is 5. The average Bonchev–Trinajstić information content (AvgIpc) is 3.70. The molecule has 10 heteroatoms. The first kappa shape index (κ1) is 30.2. The zero-order valence-electron chi connectivity index (χ0n) is 25.3. The molecular weight excluding hydrogens is 622 g/mol. The fourth-order valence-electron chi connectivity index (χ4n) is 5.17. The van der Waals surface area contributed by atoms with E-state index in [0.29, 0.717) is 39.1 Å². The minimum absolute atomic E-state index is 0.219. The van der Waals surface area contributed by atoms with Gasteiger partial charge in [-0.3, -0.25) is 14.5 Å². The molecule has 1 aliphatic rings. The van der Waals surface area contributed by atoms with Crippen LogP contribution in [0.2, 0.25) is 5.02 Å². The minimum Gasteiger partial charge on any atom is -0.361 e. The quantitative estimate of drug-likeness (QED) is 0.0594. The Balaban J connectivity index is 1.15. The van der Waals surface area contributed by atoms with Gasteiger partial charge in [-0.1, -0.05) is 90.5 Å². The van der Waals surface area contributed by atoms with Crippen LogP contribution in [0.1, 0.15) is 27.0 Å². The molecule has 1 aliphatic heterocycles. The summed E-state index contributed by atoms with van der Waals surface area (Å²) in [5, 5.41) is 14.4. The van der Waals surface area contributed by atoms with Crippen LogP contribution < -0.4 is 10.3 Å². The molecule has 0 spiro atoms. The van der Waals surface area contributed by atoms with E-state index < -0.39 is 5.91 Å². The Labute approximate surface area is 280 Å². The average molecular weight is 648 g/mol. The minimum atomic E-state index is -0.457. The number of carbonyl (C=O) groups is 2. The highest BCUT2D eigenvalue weighted by atomic mass is 35.5. The van der Waals surface area contributed by atoms with Gasteiger partial charge in [0, 0.05) is 44.4 Å². The van der Waals surface area contributed by atoms with Crippen molar-refractivity contribution >= 4 is 63.4 Å². The van der Waals surface area contributed by atoms with Crippen molar-refractivity contribution in [3.05, 3.63) is 173 Å². The van der Waals surface area contributed by atoms with E-state index >= 15 is 0 Å². The lowest BCUT2D eigenvalue weighted by atomic mass is 10.1. The lowest BCUT2D eigenvalue weighted by Crippen LogP contribution is -2.32. The summed E-state index contributed by atoms with van der Waals surface area (Å²) >= 11 is 5.98. The largest absolute Gasteiger partial charge is 0.361 e. The molecule has 9 nitrogen and oxygen atoms in total. The second-order valence-corrected chi connectivity index (χ2v) is 11.2. The number of rotatable bonds is 7. The highest BCUT2D eigenvalue weighted by Gasteiger charge is 2.32. The third-order valence-corrected chi connectivity index (χ3v) is 7.83. The van der Waals surface area contributed by atoms with Crippen LogP contribution in [0.25, 0.3) is 17.0 Å². The Hall–Kier alpha value is -6.45. The van der Waals surface area contributed by atoms with Gasteiger partial charge < -0.3 is 4.98 Å². The number of carbonyl (C=O) groups excluding carboxylic acids is 2. The number of aromatic nitrogens is 1. The summed E-state index contributed by atoms with van der Waals surface area (Å²) in [5.74, 6) is -0.0239. The van der Waals surface area contributed by atoms with Crippen molar-refractivity contribution in [1.29, 1.82) is 0 Å². The smallest absolute Gasteiger partial charge is 0.282 e. The number of aromatic amines is 1. The third kappa shape index (κ3) is 6.44. The number of H-pyrrole nitrogens is 1. The first-order valence-electron chi connectivity index (χ1n) is 15.0. The molecule has 48 heavy (non-hydrogen) atoms. The molecule has 6 aromatic rings. The van der Waals surface area contributed by atoms with Crippen LogP contribution in [0, 0.1) is 0 Å². The van der Waals surface area contributed by atoms with Gasteiger partial charge in [0.15, 0.2) is 0 Å². The van der Waals surface area contributed by atoms with Gasteiger partial charge in [0.25, 0.3) is 11.8 Å². The van der Waals surface area contributed by atoms with Gasteiger partial charge in [-0.2, -0.15) is 0 Å². The summed E-state index contributed by atoms with van der Waals surface area (Å²) in [6, 6.07) is 40.2. The molecule has 0 aliphatic carbocycles. The molecule has 0 radical (unpaired) electrons. The molecule has 0 saturated heterocycles. The van der Waals surface area contributed by atoms with Gasteiger partial charge in [-0.25, -0.2) is 10.4 Å². The van der Waals surface area contributed by atoms with Crippen LogP contribution in [0.4, 0.5) is 11.4 Å². The van der Waals surface area contributed by atoms with Gasteiger partial charge in [0.1, 0.15) is 11.5 Å². The number of azo groups is 1. The van der Waals surface area contributed by atoms with Gasteiger partial charge in [-0.05, 0) is 60.7 Å². The number of amides is 2. The number of fused-ring (bicyclic) bond motifs is 1. The number of hydrogen-bond donors (Lipinski definition) is 2. The lowest BCUT2D eigenvalue weighted by molar-refractivity contribution is -0.113. The second-order valence-electron chi connectivity index (χ2n) is 10.7.